The molecule has 0 spiro atoms. The Morgan fingerprint density at radius 1 is 0.381 bits per heavy atom. The summed E-state index contributed by atoms with van der Waals surface area (Å²) in [5.41, 5.74) is 0. The SMILES string of the molecule is C1CCCCCCCCCCC1.CCO.CCO.CCO. The third kappa shape index (κ3) is 45.0. The fourth-order valence-electron chi connectivity index (χ4n) is 2.12. The van der Waals surface area contributed by atoms with Crippen LogP contribution in [0.1, 0.15) is 97.8 Å². The van der Waals surface area contributed by atoms with E-state index in [1.807, 2.05) is 0 Å². The third-order valence-corrected chi connectivity index (χ3v) is 3.00. The molecule has 0 heterocycles. The number of aliphatic hydroxyl groups excluding tert-OH is 3. The standard InChI is InChI=1S/C12H24.3C2H6O/c1-2-4-6-8-10-12-11-9-7-5-3-1;3*1-2-3/h1-12H2;3*3H,2H2,1H3. The molecule has 0 aromatic carbocycles. The number of aliphatic hydroxyl groups is 3. The zero-order valence-corrected chi connectivity index (χ0v) is 14.9. The normalized spacial score (nSPS) is 16.3. The van der Waals surface area contributed by atoms with Gasteiger partial charge in [0.2, 0.25) is 0 Å². The summed E-state index contributed by atoms with van der Waals surface area (Å²) < 4.78 is 0. The largest absolute Gasteiger partial charge is 0.397 e. The minimum absolute atomic E-state index is 0.250. The van der Waals surface area contributed by atoms with Gasteiger partial charge in [-0.1, -0.05) is 77.0 Å². The van der Waals surface area contributed by atoms with Crippen LogP contribution in [-0.2, 0) is 0 Å². The third-order valence-electron chi connectivity index (χ3n) is 3.00. The van der Waals surface area contributed by atoms with Crippen LogP contribution in [0, 0.1) is 0 Å². The van der Waals surface area contributed by atoms with E-state index >= 15 is 0 Å². The second-order valence-electron chi connectivity index (χ2n) is 5.19. The van der Waals surface area contributed by atoms with E-state index in [1.54, 1.807) is 20.8 Å². The molecule has 1 fully saturated rings. The Hall–Kier alpha value is -0.120. The van der Waals surface area contributed by atoms with Gasteiger partial charge in [0, 0.05) is 19.8 Å². The summed E-state index contributed by atoms with van der Waals surface area (Å²) in [5.74, 6) is 0. The summed E-state index contributed by atoms with van der Waals surface area (Å²) in [5, 5.41) is 22.7. The zero-order chi connectivity index (χ0) is 16.6. The molecule has 1 aliphatic rings. The van der Waals surface area contributed by atoms with Crippen LogP contribution in [0.3, 0.4) is 0 Å². The van der Waals surface area contributed by atoms with Gasteiger partial charge >= 0.3 is 0 Å². The van der Waals surface area contributed by atoms with E-state index in [2.05, 4.69) is 0 Å². The average molecular weight is 307 g/mol. The van der Waals surface area contributed by atoms with Crippen LogP contribution < -0.4 is 0 Å². The predicted molar refractivity (Wildman–Crippen MR) is 93.7 cm³/mol. The Balaban J connectivity index is -0.000000300. The van der Waals surface area contributed by atoms with Crippen molar-refractivity contribution in [1.29, 1.82) is 0 Å². The first-order valence-corrected chi connectivity index (χ1v) is 9.07. The Morgan fingerprint density at radius 2 is 0.429 bits per heavy atom. The van der Waals surface area contributed by atoms with Gasteiger partial charge in [-0.2, -0.15) is 0 Å². The first-order valence-electron chi connectivity index (χ1n) is 9.07. The van der Waals surface area contributed by atoms with Crippen LogP contribution in [0.2, 0.25) is 0 Å². The molecule has 21 heavy (non-hydrogen) atoms. The molecule has 0 unspecified atom stereocenters. The highest BCUT2D eigenvalue weighted by molar-refractivity contribution is 4.51. The van der Waals surface area contributed by atoms with Crippen molar-refractivity contribution < 1.29 is 15.3 Å². The van der Waals surface area contributed by atoms with E-state index in [4.69, 9.17) is 15.3 Å². The van der Waals surface area contributed by atoms with E-state index < -0.39 is 0 Å². The molecule has 0 aromatic heterocycles. The maximum absolute atomic E-state index is 7.57. The van der Waals surface area contributed by atoms with Gasteiger partial charge in [-0.15, -0.1) is 0 Å². The quantitative estimate of drug-likeness (QED) is 0.609. The van der Waals surface area contributed by atoms with Crippen LogP contribution in [0.25, 0.3) is 0 Å². The van der Waals surface area contributed by atoms with E-state index in [0.29, 0.717) is 0 Å². The molecule has 3 nitrogen and oxygen atoms in total. The summed E-state index contributed by atoms with van der Waals surface area (Å²) in [4.78, 5) is 0. The fourth-order valence-corrected chi connectivity index (χ4v) is 2.12. The molecule has 0 bridgehead atoms. The van der Waals surface area contributed by atoms with Gasteiger partial charge in [-0.3, -0.25) is 0 Å². The van der Waals surface area contributed by atoms with Gasteiger partial charge in [0.1, 0.15) is 0 Å². The van der Waals surface area contributed by atoms with E-state index in [1.165, 1.54) is 77.0 Å². The molecular weight excluding hydrogens is 264 g/mol. The van der Waals surface area contributed by atoms with Crippen molar-refractivity contribution in [3.8, 4) is 0 Å². The first-order chi connectivity index (χ1) is 10.2. The molecule has 3 heteroatoms. The van der Waals surface area contributed by atoms with Gasteiger partial charge in [0.25, 0.3) is 0 Å². The number of hydrogen-bond acceptors (Lipinski definition) is 3. The van der Waals surface area contributed by atoms with Crippen LogP contribution in [0.4, 0.5) is 0 Å². The monoisotopic (exact) mass is 306 g/mol. The van der Waals surface area contributed by atoms with Gasteiger partial charge in [0.15, 0.2) is 0 Å². The van der Waals surface area contributed by atoms with Crippen molar-refractivity contribution in [1.82, 2.24) is 0 Å². The predicted octanol–water partition coefficient (Wildman–Crippen LogP) is 4.68. The second-order valence-corrected chi connectivity index (χ2v) is 5.19. The lowest BCUT2D eigenvalue weighted by Crippen LogP contribution is -1.85. The smallest absolute Gasteiger partial charge is 0.0402 e. The van der Waals surface area contributed by atoms with E-state index in [-0.39, 0.29) is 19.8 Å². The molecule has 132 valence electrons. The van der Waals surface area contributed by atoms with Gasteiger partial charge in [-0.25, -0.2) is 0 Å². The lowest BCUT2D eigenvalue weighted by atomic mass is 10.0. The number of hydrogen-bond donors (Lipinski definition) is 3. The minimum atomic E-state index is 0.250. The molecule has 1 aliphatic carbocycles. The molecule has 3 N–H and O–H groups in total. The summed E-state index contributed by atoms with van der Waals surface area (Å²) in [7, 11) is 0. The average Bonchev–Trinajstić information content (AvgIpc) is 2.42. The van der Waals surface area contributed by atoms with Crippen molar-refractivity contribution >= 4 is 0 Å². The molecule has 1 rings (SSSR count). The van der Waals surface area contributed by atoms with Gasteiger partial charge < -0.3 is 15.3 Å². The highest BCUT2D eigenvalue weighted by Crippen LogP contribution is 2.15. The Labute approximate surface area is 133 Å². The Kier molecular flexibility index (Phi) is 39.3. The maximum Gasteiger partial charge on any atom is 0.0402 e. The zero-order valence-electron chi connectivity index (χ0n) is 14.9. The summed E-state index contributed by atoms with van der Waals surface area (Å²) in [6, 6.07) is 0. The highest BCUT2D eigenvalue weighted by Gasteiger charge is 1.96. The molecule has 1 saturated carbocycles. The number of rotatable bonds is 0. The van der Waals surface area contributed by atoms with Crippen molar-refractivity contribution in [2.45, 2.75) is 97.8 Å². The Morgan fingerprint density at radius 3 is 0.476 bits per heavy atom. The molecule has 0 atom stereocenters. The lowest BCUT2D eigenvalue weighted by molar-refractivity contribution is 0.318. The van der Waals surface area contributed by atoms with Gasteiger partial charge in [-0.05, 0) is 20.8 Å². The highest BCUT2D eigenvalue weighted by atomic mass is 16.3. The molecule has 0 amide bonds. The summed E-state index contributed by atoms with van der Waals surface area (Å²) in [6.07, 6.45) is 18.0. The van der Waals surface area contributed by atoms with Crippen LogP contribution in [0.15, 0.2) is 0 Å². The van der Waals surface area contributed by atoms with Crippen molar-refractivity contribution in [3.63, 3.8) is 0 Å². The van der Waals surface area contributed by atoms with Crippen LogP contribution >= 0.6 is 0 Å². The second kappa shape index (κ2) is 32.0. The van der Waals surface area contributed by atoms with Crippen molar-refractivity contribution in [2.75, 3.05) is 19.8 Å². The molecule has 0 aliphatic heterocycles. The Bertz CT molecular complexity index is 81.9. The van der Waals surface area contributed by atoms with Crippen molar-refractivity contribution in [2.24, 2.45) is 0 Å². The first kappa shape index (κ1) is 25.8. The lowest BCUT2D eigenvalue weighted by Gasteiger charge is -2.05. The summed E-state index contributed by atoms with van der Waals surface area (Å²) >= 11 is 0. The maximum atomic E-state index is 7.57. The van der Waals surface area contributed by atoms with E-state index in [9.17, 15) is 0 Å². The van der Waals surface area contributed by atoms with Crippen LogP contribution in [0.5, 0.6) is 0 Å². The minimum Gasteiger partial charge on any atom is -0.397 e. The molecular formula is C18H42O3. The van der Waals surface area contributed by atoms with Gasteiger partial charge in [0.05, 0.1) is 0 Å². The fraction of sp³-hybridized carbons (Fsp3) is 1.00. The molecule has 0 radical (unpaired) electrons. The van der Waals surface area contributed by atoms with Crippen molar-refractivity contribution in [3.05, 3.63) is 0 Å². The summed E-state index contributed by atoms with van der Waals surface area (Å²) in [6.45, 7) is 5.79. The molecule has 0 saturated heterocycles. The topological polar surface area (TPSA) is 60.7 Å². The van der Waals surface area contributed by atoms with E-state index in [0.717, 1.165) is 0 Å². The molecule has 0 aromatic rings. The van der Waals surface area contributed by atoms with Crippen LogP contribution in [-0.4, -0.2) is 35.1 Å².